The fourth-order valence-corrected chi connectivity index (χ4v) is 2.15. The molecule has 0 spiro atoms. The van der Waals surface area contributed by atoms with Gasteiger partial charge in [0.15, 0.2) is 0 Å². The number of hydrogen-bond donors (Lipinski definition) is 1. The van der Waals surface area contributed by atoms with Crippen LogP contribution in [-0.2, 0) is 4.74 Å². The Morgan fingerprint density at radius 1 is 1.24 bits per heavy atom. The summed E-state index contributed by atoms with van der Waals surface area (Å²) in [7, 11) is 0. The first kappa shape index (κ1) is 10.4. The van der Waals surface area contributed by atoms with Crippen molar-refractivity contribution in [2.75, 3.05) is 6.61 Å². The van der Waals surface area contributed by atoms with Gasteiger partial charge in [-0.25, -0.2) is 0 Å². The summed E-state index contributed by atoms with van der Waals surface area (Å²) < 4.78 is 11.1. The lowest BCUT2D eigenvalue weighted by molar-refractivity contribution is 0.220. The number of furan rings is 1. The van der Waals surface area contributed by atoms with Crippen LogP contribution in [0.15, 0.2) is 46.6 Å². The largest absolute Gasteiger partial charge is 0.501 e. The first-order valence-electron chi connectivity index (χ1n) is 5.89. The van der Waals surface area contributed by atoms with E-state index in [4.69, 9.17) is 14.9 Å². The zero-order chi connectivity index (χ0) is 11.7. The van der Waals surface area contributed by atoms with E-state index in [-0.39, 0.29) is 6.04 Å². The summed E-state index contributed by atoms with van der Waals surface area (Å²) in [5.74, 6) is 0.808. The van der Waals surface area contributed by atoms with Crippen LogP contribution in [0.5, 0.6) is 0 Å². The number of benzene rings is 1. The smallest absolute Gasteiger partial charge is 0.134 e. The number of rotatable bonds is 2. The van der Waals surface area contributed by atoms with Gasteiger partial charge in [0.2, 0.25) is 0 Å². The van der Waals surface area contributed by atoms with Crippen LogP contribution in [0.4, 0.5) is 0 Å². The van der Waals surface area contributed by atoms with Gasteiger partial charge >= 0.3 is 0 Å². The average molecular weight is 229 g/mol. The normalized spacial score (nSPS) is 17.6. The maximum absolute atomic E-state index is 6.19. The fraction of sp³-hybridized carbons (Fsp3) is 0.286. The average Bonchev–Trinajstić information content (AvgIpc) is 2.82. The van der Waals surface area contributed by atoms with Gasteiger partial charge in [0, 0.05) is 5.39 Å². The zero-order valence-corrected chi connectivity index (χ0v) is 9.56. The van der Waals surface area contributed by atoms with Crippen LogP contribution in [-0.4, -0.2) is 6.61 Å². The van der Waals surface area contributed by atoms with E-state index in [0.717, 1.165) is 41.8 Å². The molecule has 0 saturated carbocycles. The molecule has 17 heavy (non-hydrogen) atoms. The van der Waals surface area contributed by atoms with Crippen LogP contribution >= 0.6 is 0 Å². The molecular weight excluding hydrogens is 214 g/mol. The van der Waals surface area contributed by atoms with Gasteiger partial charge in [-0.2, -0.15) is 0 Å². The van der Waals surface area contributed by atoms with Crippen LogP contribution in [0.1, 0.15) is 24.6 Å². The van der Waals surface area contributed by atoms with Crippen molar-refractivity contribution in [3.63, 3.8) is 0 Å². The first-order chi connectivity index (χ1) is 8.34. The molecule has 2 heterocycles. The van der Waals surface area contributed by atoms with E-state index in [1.165, 1.54) is 0 Å². The summed E-state index contributed by atoms with van der Waals surface area (Å²) in [6.07, 6.45) is 3.79. The van der Waals surface area contributed by atoms with Crippen LogP contribution in [0, 0.1) is 0 Å². The molecule has 3 heteroatoms. The third kappa shape index (κ3) is 1.94. The van der Waals surface area contributed by atoms with Crippen LogP contribution < -0.4 is 5.73 Å². The van der Waals surface area contributed by atoms with Crippen molar-refractivity contribution in [3.05, 3.63) is 47.9 Å². The lowest BCUT2D eigenvalue weighted by atomic mass is 10.0. The molecule has 0 fully saturated rings. The molecule has 0 saturated heterocycles. The van der Waals surface area contributed by atoms with Gasteiger partial charge in [0.1, 0.15) is 11.3 Å². The second kappa shape index (κ2) is 4.26. The number of hydrogen-bond acceptors (Lipinski definition) is 3. The molecule has 3 rings (SSSR count). The van der Waals surface area contributed by atoms with Crippen molar-refractivity contribution in [2.45, 2.75) is 18.9 Å². The predicted molar refractivity (Wildman–Crippen MR) is 66.4 cm³/mol. The van der Waals surface area contributed by atoms with Crippen molar-refractivity contribution in [1.82, 2.24) is 0 Å². The molecule has 0 aliphatic carbocycles. The third-order valence-corrected chi connectivity index (χ3v) is 3.11. The summed E-state index contributed by atoms with van der Waals surface area (Å²) in [4.78, 5) is 0. The van der Waals surface area contributed by atoms with E-state index in [1.807, 2.05) is 30.3 Å². The summed E-state index contributed by atoms with van der Waals surface area (Å²) in [6, 6.07) is 9.76. The minimum absolute atomic E-state index is 0.192. The van der Waals surface area contributed by atoms with Crippen LogP contribution in [0.3, 0.4) is 0 Å². The SMILES string of the molecule is NC(C1=COCCC1)c1cc2ccccc2o1. The van der Waals surface area contributed by atoms with Crippen molar-refractivity contribution in [1.29, 1.82) is 0 Å². The maximum Gasteiger partial charge on any atom is 0.134 e. The molecule has 3 nitrogen and oxygen atoms in total. The molecule has 1 unspecified atom stereocenters. The summed E-state index contributed by atoms with van der Waals surface area (Å²) in [5, 5.41) is 1.09. The third-order valence-electron chi connectivity index (χ3n) is 3.11. The molecule has 1 aromatic carbocycles. The standard InChI is InChI=1S/C14H15NO2/c15-14(11-5-3-7-16-9-11)13-8-10-4-1-2-6-12(10)17-13/h1-2,4,6,8-9,14H,3,5,7,15H2. The van der Waals surface area contributed by atoms with Gasteiger partial charge in [-0.1, -0.05) is 18.2 Å². The Bertz CT molecular complexity index is 523. The molecule has 2 aromatic rings. The van der Waals surface area contributed by atoms with Gasteiger partial charge in [-0.15, -0.1) is 0 Å². The van der Waals surface area contributed by atoms with Gasteiger partial charge in [-0.05, 0) is 30.5 Å². The molecule has 88 valence electrons. The molecule has 1 aliphatic heterocycles. The molecule has 0 bridgehead atoms. The summed E-state index contributed by atoms with van der Waals surface area (Å²) >= 11 is 0. The maximum atomic E-state index is 6.19. The van der Waals surface area contributed by atoms with Gasteiger partial charge in [0.05, 0.1) is 18.9 Å². The molecule has 1 aliphatic rings. The monoisotopic (exact) mass is 229 g/mol. The number of ether oxygens (including phenoxy) is 1. The second-order valence-electron chi connectivity index (χ2n) is 4.33. The lowest BCUT2D eigenvalue weighted by Crippen LogP contribution is -2.15. The van der Waals surface area contributed by atoms with E-state index in [0.29, 0.717) is 0 Å². The molecule has 0 radical (unpaired) electrons. The van der Waals surface area contributed by atoms with E-state index < -0.39 is 0 Å². The van der Waals surface area contributed by atoms with E-state index in [9.17, 15) is 0 Å². The van der Waals surface area contributed by atoms with Crippen molar-refractivity contribution >= 4 is 11.0 Å². The highest BCUT2D eigenvalue weighted by atomic mass is 16.5. The van der Waals surface area contributed by atoms with E-state index in [2.05, 4.69) is 0 Å². The fourth-order valence-electron chi connectivity index (χ4n) is 2.15. The Balaban J connectivity index is 1.94. The Morgan fingerprint density at radius 2 is 2.12 bits per heavy atom. The molecule has 2 N–H and O–H groups in total. The van der Waals surface area contributed by atoms with Crippen molar-refractivity contribution < 1.29 is 9.15 Å². The second-order valence-corrected chi connectivity index (χ2v) is 4.33. The van der Waals surface area contributed by atoms with Crippen LogP contribution in [0.2, 0.25) is 0 Å². The number of nitrogens with two attached hydrogens (primary N) is 1. The van der Waals surface area contributed by atoms with Crippen molar-refractivity contribution in [2.24, 2.45) is 5.73 Å². The Hall–Kier alpha value is -1.74. The minimum atomic E-state index is -0.192. The summed E-state index contributed by atoms with van der Waals surface area (Å²) in [5.41, 5.74) is 8.18. The molecule has 1 aromatic heterocycles. The topological polar surface area (TPSA) is 48.4 Å². The van der Waals surface area contributed by atoms with E-state index in [1.54, 1.807) is 6.26 Å². The number of fused-ring (bicyclic) bond motifs is 1. The first-order valence-corrected chi connectivity index (χ1v) is 5.89. The quantitative estimate of drug-likeness (QED) is 0.860. The Kier molecular flexibility index (Phi) is 2.61. The molecule has 1 atom stereocenters. The minimum Gasteiger partial charge on any atom is -0.501 e. The van der Waals surface area contributed by atoms with Gasteiger partial charge in [0.25, 0.3) is 0 Å². The highest BCUT2D eigenvalue weighted by Gasteiger charge is 2.18. The molecular formula is C14H15NO2. The number of para-hydroxylation sites is 1. The van der Waals surface area contributed by atoms with Crippen molar-refractivity contribution in [3.8, 4) is 0 Å². The molecule has 0 amide bonds. The van der Waals surface area contributed by atoms with Gasteiger partial charge < -0.3 is 14.9 Å². The Morgan fingerprint density at radius 3 is 2.88 bits per heavy atom. The zero-order valence-electron chi connectivity index (χ0n) is 9.56. The lowest BCUT2D eigenvalue weighted by Gasteiger charge is -2.17. The van der Waals surface area contributed by atoms with E-state index >= 15 is 0 Å². The predicted octanol–water partition coefficient (Wildman–Crippen LogP) is 3.13. The summed E-state index contributed by atoms with van der Waals surface area (Å²) in [6.45, 7) is 0.788. The Labute approximate surface area is 99.9 Å². The highest BCUT2D eigenvalue weighted by molar-refractivity contribution is 5.77. The van der Waals surface area contributed by atoms with Gasteiger partial charge in [-0.3, -0.25) is 0 Å². The van der Waals surface area contributed by atoms with Crippen LogP contribution in [0.25, 0.3) is 11.0 Å². The highest BCUT2D eigenvalue weighted by Crippen LogP contribution is 2.29.